The lowest BCUT2D eigenvalue weighted by Crippen LogP contribution is -2.36. The molecule has 0 spiro atoms. The summed E-state index contributed by atoms with van der Waals surface area (Å²) in [5.74, 6) is 0. The van der Waals surface area contributed by atoms with Gasteiger partial charge in [0.05, 0.1) is 112 Å². The van der Waals surface area contributed by atoms with Gasteiger partial charge < -0.3 is 52.3 Å². The topological polar surface area (TPSA) is 113 Å². The van der Waals surface area contributed by atoms with Crippen molar-refractivity contribution in [2.75, 3.05) is 133 Å². The van der Waals surface area contributed by atoms with E-state index in [1.54, 1.807) is 7.05 Å². The molecule has 0 bridgehead atoms. The summed E-state index contributed by atoms with van der Waals surface area (Å²) in [4.78, 5) is 13.4. The van der Waals surface area contributed by atoms with Gasteiger partial charge in [0.25, 0.3) is 0 Å². The van der Waals surface area contributed by atoms with E-state index in [2.05, 4.69) is 6.92 Å². The van der Waals surface area contributed by atoms with E-state index in [0.29, 0.717) is 119 Å². The Kier molecular flexibility index (Phi) is 39.2. The van der Waals surface area contributed by atoms with Crippen LogP contribution >= 0.6 is 0 Å². The van der Waals surface area contributed by atoms with Crippen molar-refractivity contribution in [2.45, 2.75) is 117 Å². The summed E-state index contributed by atoms with van der Waals surface area (Å²) >= 11 is 0. The van der Waals surface area contributed by atoms with Gasteiger partial charge in [-0.3, -0.25) is 0 Å². The van der Waals surface area contributed by atoms with Gasteiger partial charge in [0.1, 0.15) is 5.60 Å². The predicted octanol–water partition coefficient (Wildman–Crippen LogP) is 7.09. The smallest absolute Gasteiger partial charge is 0.410 e. The average molecular weight is 738 g/mol. The summed E-state index contributed by atoms with van der Waals surface area (Å²) in [6.45, 7) is 17.9. The Bertz CT molecular complexity index is 697. The van der Waals surface area contributed by atoms with Gasteiger partial charge >= 0.3 is 6.09 Å². The number of likely N-dealkylation sites (N-methyl/N-ethyl adjacent to an activating group) is 1. The van der Waals surface area contributed by atoms with Crippen molar-refractivity contribution in [3.05, 3.63) is 0 Å². The van der Waals surface area contributed by atoms with E-state index in [1.165, 1.54) is 81.9 Å². The van der Waals surface area contributed by atoms with Crippen LogP contribution in [0.2, 0.25) is 0 Å². The standard InChI is InChI=1S/C39H79NO11/c1-6-7-8-9-10-11-12-13-14-15-16-17-18-20-42-22-24-44-26-28-46-30-32-48-34-36-50-37-35-49-33-31-47-29-27-45-25-23-43-21-19-40(5)38(41)51-39(2,3)4/h6-37H2,1-5H3. The highest BCUT2D eigenvalue weighted by atomic mass is 16.6. The Morgan fingerprint density at radius 2 is 0.647 bits per heavy atom. The van der Waals surface area contributed by atoms with Crippen LogP contribution < -0.4 is 0 Å². The molecule has 0 saturated carbocycles. The number of rotatable bonds is 41. The fourth-order valence-corrected chi connectivity index (χ4v) is 4.72. The van der Waals surface area contributed by atoms with Gasteiger partial charge in [-0.15, -0.1) is 0 Å². The zero-order valence-electron chi connectivity index (χ0n) is 33.6. The van der Waals surface area contributed by atoms with Crippen molar-refractivity contribution in [3.8, 4) is 0 Å². The molecule has 306 valence electrons. The second kappa shape index (κ2) is 40.1. The monoisotopic (exact) mass is 738 g/mol. The highest BCUT2D eigenvalue weighted by Crippen LogP contribution is 2.12. The highest BCUT2D eigenvalue weighted by molar-refractivity contribution is 5.67. The van der Waals surface area contributed by atoms with Gasteiger partial charge in [0, 0.05) is 20.2 Å². The quantitative estimate of drug-likeness (QED) is 0.0600. The number of unbranched alkanes of at least 4 members (excludes halogenated alkanes) is 12. The molecule has 0 radical (unpaired) electrons. The van der Waals surface area contributed by atoms with Gasteiger partial charge in [0.2, 0.25) is 0 Å². The maximum absolute atomic E-state index is 11.9. The third-order valence-electron chi connectivity index (χ3n) is 7.64. The molecule has 0 unspecified atom stereocenters. The maximum atomic E-state index is 11.9. The number of carbonyl (C=O) groups excluding carboxylic acids is 1. The number of ether oxygens (including phenoxy) is 10. The molecule has 12 nitrogen and oxygen atoms in total. The maximum Gasteiger partial charge on any atom is 0.410 e. The molecule has 0 rings (SSSR count). The molecule has 0 aromatic heterocycles. The van der Waals surface area contributed by atoms with Gasteiger partial charge in [-0.05, 0) is 27.2 Å². The Hall–Kier alpha value is -1.09. The SMILES string of the molecule is CCCCCCCCCCCCCCCOCCOCCOCCOCCOCCOCCOCCOCCOCCN(C)C(=O)OC(C)(C)C. The molecule has 0 aliphatic carbocycles. The Morgan fingerprint density at radius 3 is 0.941 bits per heavy atom. The number of hydrogen-bond donors (Lipinski definition) is 0. The van der Waals surface area contributed by atoms with E-state index in [9.17, 15) is 4.79 Å². The van der Waals surface area contributed by atoms with Gasteiger partial charge in [-0.1, -0.05) is 84.0 Å². The van der Waals surface area contributed by atoms with Crippen LogP contribution in [0, 0.1) is 0 Å². The van der Waals surface area contributed by atoms with Crippen molar-refractivity contribution in [1.29, 1.82) is 0 Å². The molecule has 0 saturated heterocycles. The lowest BCUT2D eigenvalue weighted by Gasteiger charge is -2.24. The third-order valence-corrected chi connectivity index (χ3v) is 7.64. The van der Waals surface area contributed by atoms with E-state index in [-0.39, 0.29) is 6.09 Å². The molecule has 0 N–H and O–H groups in total. The van der Waals surface area contributed by atoms with Crippen LogP contribution in [0.25, 0.3) is 0 Å². The molecule has 51 heavy (non-hydrogen) atoms. The summed E-state index contributed by atoms with van der Waals surface area (Å²) in [7, 11) is 1.69. The van der Waals surface area contributed by atoms with Crippen LogP contribution in [0.3, 0.4) is 0 Å². The van der Waals surface area contributed by atoms with Crippen molar-refractivity contribution in [2.24, 2.45) is 0 Å². The Balaban J connectivity index is 3.13. The minimum absolute atomic E-state index is 0.359. The lowest BCUT2D eigenvalue weighted by molar-refractivity contribution is -0.0254. The predicted molar refractivity (Wildman–Crippen MR) is 202 cm³/mol. The van der Waals surface area contributed by atoms with Crippen LogP contribution in [0.5, 0.6) is 0 Å². The summed E-state index contributed by atoms with van der Waals surface area (Å²) < 4.78 is 55.0. The van der Waals surface area contributed by atoms with Gasteiger partial charge in [-0.25, -0.2) is 4.79 Å². The van der Waals surface area contributed by atoms with E-state index < -0.39 is 5.60 Å². The van der Waals surface area contributed by atoms with E-state index in [1.807, 2.05) is 20.8 Å². The molecule has 0 fully saturated rings. The zero-order chi connectivity index (χ0) is 37.4. The number of hydrogen-bond acceptors (Lipinski definition) is 11. The molecular weight excluding hydrogens is 658 g/mol. The minimum atomic E-state index is -0.506. The molecule has 0 aromatic carbocycles. The van der Waals surface area contributed by atoms with Crippen molar-refractivity contribution in [1.82, 2.24) is 4.90 Å². The first-order valence-corrected chi connectivity index (χ1v) is 20.0. The van der Waals surface area contributed by atoms with Gasteiger partial charge in [-0.2, -0.15) is 0 Å². The van der Waals surface area contributed by atoms with Gasteiger partial charge in [0.15, 0.2) is 0 Å². The number of carbonyl (C=O) groups is 1. The van der Waals surface area contributed by atoms with Crippen LogP contribution in [-0.2, 0) is 47.4 Å². The molecule has 12 heteroatoms. The minimum Gasteiger partial charge on any atom is -0.444 e. The average Bonchev–Trinajstić information content (AvgIpc) is 3.10. The second-order valence-electron chi connectivity index (χ2n) is 13.7. The van der Waals surface area contributed by atoms with E-state index in [0.717, 1.165) is 13.0 Å². The second-order valence-corrected chi connectivity index (χ2v) is 13.7. The Morgan fingerprint density at radius 1 is 0.392 bits per heavy atom. The van der Waals surface area contributed by atoms with Crippen LogP contribution in [0.15, 0.2) is 0 Å². The molecule has 0 heterocycles. The molecule has 0 aromatic rings. The Labute approximate surface area is 312 Å². The first-order valence-electron chi connectivity index (χ1n) is 20.0. The fraction of sp³-hybridized carbons (Fsp3) is 0.974. The number of amides is 1. The highest BCUT2D eigenvalue weighted by Gasteiger charge is 2.19. The van der Waals surface area contributed by atoms with Crippen LogP contribution in [0.4, 0.5) is 4.79 Å². The fourth-order valence-electron chi connectivity index (χ4n) is 4.72. The first kappa shape index (κ1) is 49.9. The molecular formula is C39H79NO11. The van der Waals surface area contributed by atoms with E-state index >= 15 is 0 Å². The van der Waals surface area contributed by atoms with Crippen molar-refractivity contribution >= 4 is 6.09 Å². The first-order chi connectivity index (χ1) is 24.9. The largest absolute Gasteiger partial charge is 0.444 e. The molecule has 1 amide bonds. The summed E-state index contributed by atoms with van der Waals surface area (Å²) in [6.07, 6.45) is 17.4. The summed E-state index contributed by atoms with van der Waals surface area (Å²) in [6, 6.07) is 0. The van der Waals surface area contributed by atoms with E-state index in [4.69, 9.17) is 47.4 Å². The molecule has 0 atom stereocenters. The lowest BCUT2D eigenvalue weighted by atomic mass is 10.0. The summed E-state index contributed by atoms with van der Waals surface area (Å²) in [5.41, 5.74) is -0.506. The normalized spacial score (nSPS) is 11.8. The third kappa shape index (κ3) is 43.2. The van der Waals surface area contributed by atoms with Crippen LogP contribution in [-0.4, -0.2) is 149 Å². The molecule has 0 aliphatic heterocycles. The molecule has 0 aliphatic rings. The van der Waals surface area contributed by atoms with Crippen LogP contribution in [0.1, 0.15) is 111 Å². The van der Waals surface area contributed by atoms with Crippen molar-refractivity contribution in [3.63, 3.8) is 0 Å². The van der Waals surface area contributed by atoms with Crippen molar-refractivity contribution < 1.29 is 52.2 Å². The number of nitrogens with zero attached hydrogens (tertiary/aromatic N) is 1. The zero-order valence-corrected chi connectivity index (χ0v) is 33.6. The summed E-state index contributed by atoms with van der Waals surface area (Å²) in [5, 5.41) is 0.